The van der Waals surface area contributed by atoms with Gasteiger partial charge in [-0.05, 0) is 40.1 Å². The van der Waals surface area contributed by atoms with E-state index in [1.807, 2.05) is 55.7 Å². The van der Waals surface area contributed by atoms with Gasteiger partial charge in [0.25, 0.3) is 0 Å². The molecule has 5 aromatic carbocycles. The zero-order valence-corrected chi connectivity index (χ0v) is 18.9. The molecule has 0 N–H and O–H groups in total. The number of hydrogen-bond acceptors (Lipinski definition) is 1. The molecule has 162 valence electrons. The van der Waals surface area contributed by atoms with E-state index in [1.54, 1.807) is 6.07 Å². The van der Waals surface area contributed by atoms with Crippen molar-refractivity contribution in [2.24, 2.45) is 7.05 Å². The first-order valence-corrected chi connectivity index (χ1v) is 11.5. The maximum absolute atomic E-state index is 15.8. The first-order chi connectivity index (χ1) is 16.6. The van der Waals surface area contributed by atoms with E-state index in [4.69, 9.17) is 4.42 Å². The van der Waals surface area contributed by atoms with Gasteiger partial charge >= 0.3 is 0 Å². The van der Waals surface area contributed by atoms with Gasteiger partial charge in [0.2, 0.25) is 5.69 Å². The molecule has 0 spiro atoms. The highest BCUT2D eigenvalue weighted by molar-refractivity contribution is 6.35. The first kappa shape index (κ1) is 19.2. The SMILES string of the molecule is Cc1ccc2c(oc3cc(F)c4c5ccccc5c5ccccc5c4c32)c1-c1cccc[n+]1C. The lowest BCUT2D eigenvalue weighted by atomic mass is 9.91. The van der Waals surface area contributed by atoms with Gasteiger partial charge in [0.1, 0.15) is 24.0 Å². The van der Waals surface area contributed by atoms with Gasteiger partial charge in [-0.3, -0.25) is 0 Å². The number of pyridine rings is 1. The van der Waals surface area contributed by atoms with E-state index in [-0.39, 0.29) is 5.82 Å². The highest BCUT2D eigenvalue weighted by atomic mass is 19.1. The maximum Gasteiger partial charge on any atom is 0.216 e. The second kappa shape index (κ2) is 6.88. The van der Waals surface area contributed by atoms with Crippen LogP contribution in [0.5, 0.6) is 0 Å². The largest absolute Gasteiger partial charge is 0.455 e. The Bertz CT molecular complexity index is 1950. The molecule has 0 saturated carbocycles. The van der Waals surface area contributed by atoms with Gasteiger partial charge in [0.05, 0.1) is 5.56 Å². The van der Waals surface area contributed by atoms with Gasteiger partial charge in [0, 0.05) is 39.7 Å². The van der Waals surface area contributed by atoms with E-state index in [1.165, 1.54) is 0 Å². The lowest BCUT2D eigenvalue weighted by Crippen LogP contribution is -2.30. The van der Waals surface area contributed by atoms with Crippen LogP contribution in [0.3, 0.4) is 0 Å². The molecule has 0 aliphatic carbocycles. The number of rotatable bonds is 1. The Labute approximate surface area is 195 Å². The van der Waals surface area contributed by atoms with E-state index in [0.29, 0.717) is 11.0 Å². The van der Waals surface area contributed by atoms with Gasteiger partial charge in [-0.25, -0.2) is 8.96 Å². The average Bonchev–Trinajstić information content (AvgIpc) is 3.22. The number of aryl methyl sites for hydroxylation is 2. The first-order valence-electron chi connectivity index (χ1n) is 11.5. The van der Waals surface area contributed by atoms with Crippen LogP contribution >= 0.6 is 0 Å². The Hall–Kier alpha value is -4.24. The fourth-order valence-corrected chi connectivity index (χ4v) is 5.57. The summed E-state index contributed by atoms with van der Waals surface area (Å²) in [6.45, 7) is 2.09. The van der Waals surface area contributed by atoms with Gasteiger partial charge in [-0.15, -0.1) is 0 Å². The molecule has 0 amide bonds. The van der Waals surface area contributed by atoms with Crippen LogP contribution in [0.15, 0.2) is 95.5 Å². The lowest BCUT2D eigenvalue weighted by molar-refractivity contribution is -0.660. The molecule has 0 atom stereocenters. The summed E-state index contributed by atoms with van der Waals surface area (Å²) in [4.78, 5) is 0. The van der Waals surface area contributed by atoms with E-state index in [9.17, 15) is 0 Å². The number of halogens is 1. The fraction of sp³-hybridized carbons (Fsp3) is 0.0645. The van der Waals surface area contributed by atoms with E-state index < -0.39 is 0 Å². The molecule has 2 aromatic heterocycles. The number of hydrogen-bond donors (Lipinski definition) is 0. The number of aromatic nitrogens is 1. The van der Waals surface area contributed by atoms with Gasteiger partial charge < -0.3 is 4.42 Å². The minimum Gasteiger partial charge on any atom is -0.455 e. The minimum absolute atomic E-state index is 0.257. The van der Waals surface area contributed by atoms with Crippen molar-refractivity contribution in [3.05, 3.63) is 103 Å². The summed E-state index contributed by atoms with van der Waals surface area (Å²) in [5.74, 6) is -0.257. The molecule has 0 aliphatic heterocycles. The van der Waals surface area contributed by atoms with Crippen molar-refractivity contribution < 1.29 is 13.4 Å². The number of furan rings is 1. The third kappa shape index (κ3) is 2.47. The quantitative estimate of drug-likeness (QED) is 0.186. The van der Waals surface area contributed by atoms with Crippen LogP contribution in [0.2, 0.25) is 0 Å². The van der Waals surface area contributed by atoms with Gasteiger partial charge in [-0.2, -0.15) is 0 Å². The van der Waals surface area contributed by atoms with Crippen LogP contribution in [0.1, 0.15) is 5.56 Å². The molecule has 7 aromatic rings. The topological polar surface area (TPSA) is 17.0 Å². The normalized spacial score (nSPS) is 12.0. The number of benzene rings is 5. The van der Waals surface area contributed by atoms with Crippen LogP contribution in [0.25, 0.3) is 65.5 Å². The maximum atomic E-state index is 15.8. The molecule has 2 heterocycles. The molecular formula is C31H21FNO+. The highest BCUT2D eigenvalue weighted by Gasteiger charge is 2.23. The Balaban J connectivity index is 1.78. The summed E-state index contributed by atoms with van der Waals surface area (Å²) < 4.78 is 24.4. The molecular weight excluding hydrogens is 421 g/mol. The van der Waals surface area contributed by atoms with E-state index in [2.05, 4.69) is 47.9 Å². The van der Waals surface area contributed by atoms with Crippen molar-refractivity contribution >= 4 is 54.3 Å². The Morgan fingerprint density at radius 3 is 2.03 bits per heavy atom. The Morgan fingerprint density at radius 2 is 1.32 bits per heavy atom. The predicted octanol–water partition coefficient (Wildman–Crippen LogP) is 7.98. The summed E-state index contributed by atoms with van der Waals surface area (Å²) in [7, 11) is 2.03. The lowest BCUT2D eigenvalue weighted by Gasteiger charge is -2.12. The van der Waals surface area contributed by atoms with Crippen molar-refractivity contribution in [1.82, 2.24) is 0 Å². The molecule has 34 heavy (non-hydrogen) atoms. The molecule has 0 radical (unpaired) electrons. The molecule has 7 rings (SSSR count). The van der Waals surface area contributed by atoms with Crippen LogP contribution in [0.4, 0.5) is 4.39 Å². The predicted molar refractivity (Wildman–Crippen MR) is 138 cm³/mol. The Morgan fingerprint density at radius 1 is 0.676 bits per heavy atom. The third-order valence-electron chi connectivity index (χ3n) is 7.08. The zero-order valence-electron chi connectivity index (χ0n) is 18.9. The molecule has 3 heteroatoms. The smallest absolute Gasteiger partial charge is 0.216 e. The molecule has 2 nitrogen and oxygen atoms in total. The molecule has 0 bridgehead atoms. The fourth-order valence-electron chi connectivity index (χ4n) is 5.57. The van der Waals surface area contributed by atoms with Crippen molar-refractivity contribution in [1.29, 1.82) is 0 Å². The molecule has 0 fully saturated rings. The second-order valence-corrected chi connectivity index (χ2v) is 9.01. The molecule has 0 saturated heterocycles. The third-order valence-corrected chi connectivity index (χ3v) is 7.08. The van der Waals surface area contributed by atoms with E-state index in [0.717, 1.165) is 60.1 Å². The summed E-state index contributed by atoms with van der Waals surface area (Å²) in [5.41, 5.74) is 4.58. The average molecular weight is 443 g/mol. The van der Waals surface area contributed by atoms with Gasteiger partial charge in [0.15, 0.2) is 6.20 Å². The Kier molecular flexibility index (Phi) is 3.89. The van der Waals surface area contributed by atoms with Crippen LogP contribution in [-0.2, 0) is 7.05 Å². The number of fused-ring (bicyclic) bond motifs is 10. The summed E-state index contributed by atoms with van der Waals surface area (Å²) in [6, 6.07) is 28.3. The zero-order chi connectivity index (χ0) is 23.0. The summed E-state index contributed by atoms with van der Waals surface area (Å²) in [6.07, 6.45) is 2.03. The van der Waals surface area contributed by atoms with Crippen molar-refractivity contribution in [2.45, 2.75) is 6.92 Å². The van der Waals surface area contributed by atoms with Crippen molar-refractivity contribution in [3.63, 3.8) is 0 Å². The van der Waals surface area contributed by atoms with Crippen LogP contribution in [-0.4, -0.2) is 0 Å². The highest BCUT2D eigenvalue weighted by Crippen LogP contribution is 2.45. The number of nitrogens with zero attached hydrogens (tertiary/aromatic N) is 1. The minimum atomic E-state index is -0.257. The van der Waals surface area contributed by atoms with Crippen LogP contribution in [0, 0.1) is 12.7 Å². The second-order valence-electron chi connectivity index (χ2n) is 9.01. The molecule has 0 aliphatic rings. The van der Waals surface area contributed by atoms with Crippen LogP contribution < -0.4 is 4.57 Å². The van der Waals surface area contributed by atoms with Gasteiger partial charge in [-0.1, -0.05) is 60.7 Å². The summed E-state index contributed by atoms with van der Waals surface area (Å²) >= 11 is 0. The summed E-state index contributed by atoms with van der Waals surface area (Å²) in [5, 5.41) is 7.67. The van der Waals surface area contributed by atoms with Crippen molar-refractivity contribution in [3.8, 4) is 11.3 Å². The van der Waals surface area contributed by atoms with E-state index >= 15 is 4.39 Å². The molecule has 0 unspecified atom stereocenters. The monoisotopic (exact) mass is 442 g/mol. The standard InChI is InChI=1S/C31H21FNO/c1-18-14-15-23-29-26(34-31(23)27(18)25-13-7-8-16-33(25)2)17-24(32)28-21-11-5-3-9-19(21)20-10-4-6-12-22(20)30(28)29/h3-17H,1-2H3/q+1. The van der Waals surface area contributed by atoms with Crippen molar-refractivity contribution in [2.75, 3.05) is 0 Å².